The lowest BCUT2D eigenvalue weighted by Gasteiger charge is -2.22. The van der Waals surface area contributed by atoms with Gasteiger partial charge in [-0.1, -0.05) is 19.9 Å². The summed E-state index contributed by atoms with van der Waals surface area (Å²) in [4.78, 5) is 22.1. The Hall–Kier alpha value is -1.52. The number of rotatable bonds is 3. The van der Waals surface area contributed by atoms with Crippen molar-refractivity contribution in [1.82, 2.24) is 5.32 Å². The fourth-order valence-electron chi connectivity index (χ4n) is 1.22. The quantitative estimate of drug-likeness (QED) is 0.765. The van der Waals surface area contributed by atoms with E-state index < -0.39 is 23.1 Å². The van der Waals surface area contributed by atoms with Gasteiger partial charge in [-0.05, 0) is 33.6 Å². The van der Waals surface area contributed by atoms with Crippen LogP contribution in [0, 0.1) is 0 Å². The molecule has 2 amide bonds. The Morgan fingerprint density at radius 3 is 2.17 bits per heavy atom. The molecule has 18 heavy (non-hydrogen) atoms. The summed E-state index contributed by atoms with van der Waals surface area (Å²) in [6.45, 7) is 9.39. The van der Waals surface area contributed by atoms with Crippen LogP contribution in [0.4, 0.5) is 4.79 Å². The van der Waals surface area contributed by atoms with Gasteiger partial charge < -0.3 is 15.8 Å². The zero-order valence-electron chi connectivity index (χ0n) is 11.9. The van der Waals surface area contributed by atoms with Gasteiger partial charge in [0.25, 0.3) is 0 Å². The zero-order valence-corrected chi connectivity index (χ0v) is 11.9. The van der Waals surface area contributed by atoms with E-state index in [9.17, 15) is 9.59 Å². The highest BCUT2D eigenvalue weighted by Gasteiger charge is 2.42. The minimum Gasteiger partial charge on any atom is -0.444 e. The Labute approximate surface area is 112 Å². The summed E-state index contributed by atoms with van der Waals surface area (Å²) in [6.07, 6.45) is 4.02. The molecule has 0 aromatic rings. The van der Waals surface area contributed by atoms with E-state index in [1.165, 1.54) is 6.08 Å². The number of nitrogens with two attached hydrogens (primary N) is 1. The van der Waals surface area contributed by atoms with Crippen molar-refractivity contribution in [2.45, 2.75) is 58.6 Å². The second-order valence-electron chi connectivity index (χ2n) is 5.02. The molecule has 1 aliphatic carbocycles. The molecule has 1 saturated carbocycles. The van der Waals surface area contributed by atoms with Crippen LogP contribution in [0.5, 0.6) is 0 Å². The molecule has 0 bridgehead atoms. The van der Waals surface area contributed by atoms with Crippen molar-refractivity contribution >= 4 is 12.0 Å². The van der Waals surface area contributed by atoms with Gasteiger partial charge in [0.1, 0.15) is 5.60 Å². The molecule has 0 radical (unpaired) electrons. The van der Waals surface area contributed by atoms with Crippen molar-refractivity contribution < 1.29 is 17.2 Å². The first-order chi connectivity index (χ1) is 8.22. The maximum Gasteiger partial charge on any atom is 0.408 e. The van der Waals surface area contributed by atoms with Crippen LogP contribution in [0.25, 0.3) is 0 Å². The van der Waals surface area contributed by atoms with E-state index in [0.717, 1.165) is 12.8 Å². The van der Waals surface area contributed by atoms with Crippen LogP contribution in [0.1, 0.15) is 50.3 Å². The summed E-state index contributed by atoms with van der Waals surface area (Å²) >= 11 is 0. The minimum atomic E-state index is -0.520. The van der Waals surface area contributed by atoms with Gasteiger partial charge in [0.05, 0.1) is 5.54 Å². The molecule has 0 aliphatic heterocycles. The summed E-state index contributed by atoms with van der Waals surface area (Å²) < 4.78 is 5.12. The number of ether oxygens (including phenoxy) is 1. The first-order valence-corrected chi connectivity index (χ1v) is 6.22. The van der Waals surface area contributed by atoms with Gasteiger partial charge in [-0.2, -0.15) is 0 Å². The normalized spacial score (nSPS) is 16.5. The fraction of sp³-hybridized carbons (Fsp3) is 0.692. The molecule has 0 atom stereocenters. The van der Waals surface area contributed by atoms with Crippen molar-refractivity contribution in [2.24, 2.45) is 5.73 Å². The highest BCUT2D eigenvalue weighted by atomic mass is 16.6. The molecule has 0 aromatic carbocycles. The van der Waals surface area contributed by atoms with E-state index in [1.807, 2.05) is 13.8 Å². The van der Waals surface area contributed by atoms with Gasteiger partial charge in [-0.15, -0.1) is 0 Å². The lowest BCUT2D eigenvalue weighted by Crippen LogP contribution is -2.39. The number of carbonyl (C=O) groups excluding carboxylic acids is 2. The maximum atomic E-state index is 11.5. The van der Waals surface area contributed by atoms with E-state index in [2.05, 4.69) is 5.32 Å². The molecule has 1 aliphatic rings. The van der Waals surface area contributed by atoms with Gasteiger partial charge in [0.2, 0.25) is 5.91 Å². The Morgan fingerprint density at radius 1 is 1.33 bits per heavy atom. The van der Waals surface area contributed by atoms with Gasteiger partial charge in [0.15, 0.2) is 0 Å². The van der Waals surface area contributed by atoms with Gasteiger partial charge in [-0.3, -0.25) is 4.79 Å². The van der Waals surface area contributed by atoms with Crippen molar-refractivity contribution in [2.75, 3.05) is 0 Å². The molecule has 0 heterocycles. The molecule has 0 saturated heterocycles. The van der Waals surface area contributed by atoms with E-state index >= 15 is 0 Å². The SMILES string of the molecule is CC.CC(C)(C)OC(=O)NC1(/C=C/C(N)=O)CC1.[HH].[HH]. The average Bonchev–Trinajstić information content (AvgIpc) is 2.95. The van der Waals surface area contributed by atoms with Crippen LogP contribution in [-0.2, 0) is 9.53 Å². The number of alkyl carbamates (subject to hydrolysis) is 1. The summed E-state index contributed by atoms with van der Waals surface area (Å²) in [5, 5.41) is 2.72. The molecule has 108 valence electrons. The van der Waals surface area contributed by atoms with Crippen LogP contribution < -0.4 is 11.1 Å². The lowest BCUT2D eigenvalue weighted by atomic mass is 10.2. The van der Waals surface area contributed by atoms with E-state index in [-0.39, 0.29) is 2.85 Å². The minimum absolute atomic E-state index is 0. The highest BCUT2D eigenvalue weighted by Crippen LogP contribution is 2.36. The molecule has 1 fully saturated rings. The molecule has 3 N–H and O–H groups in total. The van der Waals surface area contributed by atoms with Crippen LogP contribution in [0.15, 0.2) is 12.2 Å². The van der Waals surface area contributed by atoms with E-state index in [0.29, 0.717) is 0 Å². The van der Waals surface area contributed by atoms with Crippen molar-refractivity contribution in [3.63, 3.8) is 0 Å². The molecular formula is C13H28N2O3. The maximum absolute atomic E-state index is 11.5. The standard InChI is InChI=1S/C11H18N2O3.C2H6.2H2/c1-10(2,3)16-9(15)13-11(6-7-11)5-4-8(12)14;1-2;;/h4-5H,6-7H2,1-3H3,(H2,12,14)(H,13,15);1-2H3;2*1H/b5-4+;;;. The van der Waals surface area contributed by atoms with Crippen LogP contribution in [-0.4, -0.2) is 23.1 Å². The predicted octanol–water partition coefficient (Wildman–Crippen LogP) is 2.60. The van der Waals surface area contributed by atoms with E-state index in [4.69, 9.17) is 10.5 Å². The van der Waals surface area contributed by atoms with Crippen LogP contribution in [0.2, 0.25) is 0 Å². The fourth-order valence-corrected chi connectivity index (χ4v) is 1.22. The second-order valence-corrected chi connectivity index (χ2v) is 5.02. The predicted molar refractivity (Wildman–Crippen MR) is 75.2 cm³/mol. The number of hydrogen-bond donors (Lipinski definition) is 2. The molecular weight excluding hydrogens is 232 g/mol. The Morgan fingerprint density at radius 2 is 1.83 bits per heavy atom. The number of nitrogens with one attached hydrogen (secondary N) is 1. The molecule has 5 nitrogen and oxygen atoms in total. The van der Waals surface area contributed by atoms with Crippen LogP contribution >= 0.6 is 0 Å². The lowest BCUT2D eigenvalue weighted by molar-refractivity contribution is -0.113. The Kier molecular flexibility index (Phi) is 5.88. The van der Waals surface area contributed by atoms with Crippen molar-refractivity contribution in [3.8, 4) is 0 Å². The summed E-state index contributed by atoms with van der Waals surface area (Å²) in [7, 11) is 0. The van der Waals surface area contributed by atoms with Crippen LogP contribution in [0.3, 0.4) is 0 Å². The molecule has 0 spiro atoms. The Balaban J connectivity index is -0.000000689. The average molecular weight is 260 g/mol. The summed E-state index contributed by atoms with van der Waals surface area (Å²) in [5.74, 6) is -0.516. The molecule has 5 heteroatoms. The van der Waals surface area contributed by atoms with Crippen molar-refractivity contribution in [3.05, 3.63) is 12.2 Å². The summed E-state index contributed by atoms with van der Waals surface area (Å²) in [5.41, 5.74) is 4.04. The first kappa shape index (κ1) is 16.5. The topological polar surface area (TPSA) is 81.4 Å². The number of amides is 2. The van der Waals surface area contributed by atoms with Crippen molar-refractivity contribution in [1.29, 1.82) is 0 Å². The van der Waals surface area contributed by atoms with Gasteiger partial charge in [-0.25, -0.2) is 4.79 Å². The van der Waals surface area contributed by atoms with Gasteiger partial charge >= 0.3 is 6.09 Å². The number of primary amides is 1. The smallest absolute Gasteiger partial charge is 0.408 e. The molecule has 0 unspecified atom stereocenters. The zero-order chi connectivity index (χ0) is 14.4. The number of carbonyl (C=O) groups is 2. The molecule has 1 rings (SSSR count). The monoisotopic (exact) mass is 260 g/mol. The number of hydrogen-bond acceptors (Lipinski definition) is 3. The third-order valence-electron chi connectivity index (χ3n) is 2.11. The van der Waals surface area contributed by atoms with Gasteiger partial charge in [0, 0.05) is 8.93 Å². The Bertz CT molecular complexity index is 335. The summed E-state index contributed by atoms with van der Waals surface area (Å²) in [6, 6.07) is 0. The largest absolute Gasteiger partial charge is 0.444 e. The third-order valence-corrected chi connectivity index (χ3v) is 2.11. The second kappa shape index (κ2) is 6.42. The molecule has 0 aromatic heterocycles. The highest BCUT2D eigenvalue weighted by molar-refractivity contribution is 5.86. The van der Waals surface area contributed by atoms with E-state index in [1.54, 1.807) is 26.8 Å². The first-order valence-electron chi connectivity index (χ1n) is 6.22. The third kappa shape index (κ3) is 6.93.